The summed E-state index contributed by atoms with van der Waals surface area (Å²) in [5.41, 5.74) is 0.193. The van der Waals surface area contributed by atoms with Gasteiger partial charge in [-0.3, -0.25) is 4.79 Å². The molecule has 1 heterocycles. The molecule has 1 fully saturated rings. The Balaban J connectivity index is 1.48. The molecule has 7 nitrogen and oxygen atoms in total. The van der Waals surface area contributed by atoms with E-state index in [1.807, 2.05) is 0 Å². The van der Waals surface area contributed by atoms with Crippen molar-refractivity contribution in [3.8, 4) is 11.5 Å². The van der Waals surface area contributed by atoms with Crippen LogP contribution in [0.1, 0.15) is 32.1 Å². The Hall–Kier alpha value is -2.93. The Bertz CT molecular complexity index is 944. The van der Waals surface area contributed by atoms with Gasteiger partial charge >= 0.3 is 6.03 Å². The SMILES string of the molecule is O=C(Nc1cccc(Cl)c1)NC1(C(=O)Nc2ccc3c(c2)OCCO3)CCCCC1. The summed E-state index contributed by atoms with van der Waals surface area (Å²) in [5.74, 6) is 1.02. The minimum absolute atomic E-state index is 0.236. The number of benzene rings is 2. The maximum atomic E-state index is 13.3. The predicted octanol–water partition coefficient (Wildman–Crippen LogP) is 4.57. The lowest BCUT2D eigenvalue weighted by molar-refractivity contribution is -0.123. The van der Waals surface area contributed by atoms with Crippen LogP contribution < -0.4 is 25.4 Å². The fourth-order valence-corrected chi connectivity index (χ4v) is 4.07. The molecule has 2 aromatic rings. The van der Waals surface area contributed by atoms with Crippen LogP contribution in [0.3, 0.4) is 0 Å². The van der Waals surface area contributed by atoms with Crippen LogP contribution in [0.5, 0.6) is 11.5 Å². The maximum Gasteiger partial charge on any atom is 0.320 e. The van der Waals surface area contributed by atoms with E-state index in [0.717, 1.165) is 19.3 Å². The first-order valence-electron chi connectivity index (χ1n) is 10.1. The molecule has 158 valence electrons. The molecular formula is C22H24ClN3O4. The molecular weight excluding hydrogens is 406 g/mol. The molecule has 8 heteroatoms. The largest absolute Gasteiger partial charge is 0.486 e. The van der Waals surface area contributed by atoms with Gasteiger partial charge in [-0.15, -0.1) is 0 Å². The second-order valence-corrected chi connectivity index (χ2v) is 7.98. The van der Waals surface area contributed by atoms with Gasteiger partial charge in [-0.05, 0) is 43.2 Å². The molecule has 0 unspecified atom stereocenters. The molecule has 1 saturated carbocycles. The van der Waals surface area contributed by atoms with Gasteiger partial charge in [-0.1, -0.05) is 36.9 Å². The first-order chi connectivity index (χ1) is 14.5. The summed E-state index contributed by atoms with van der Waals surface area (Å²) in [6.45, 7) is 0.979. The molecule has 0 radical (unpaired) electrons. The minimum atomic E-state index is -0.978. The van der Waals surface area contributed by atoms with Gasteiger partial charge < -0.3 is 25.4 Å². The summed E-state index contributed by atoms with van der Waals surface area (Å²) < 4.78 is 11.1. The number of fused-ring (bicyclic) bond motifs is 1. The molecule has 0 bridgehead atoms. The highest BCUT2D eigenvalue weighted by Gasteiger charge is 2.41. The van der Waals surface area contributed by atoms with E-state index in [2.05, 4.69) is 16.0 Å². The van der Waals surface area contributed by atoms with Crippen LogP contribution in [-0.2, 0) is 4.79 Å². The molecule has 2 aliphatic rings. The number of hydrogen-bond acceptors (Lipinski definition) is 4. The molecule has 2 aromatic carbocycles. The molecule has 1 aliphatic carbocycles. The van der Waals surface area contributed by atoms with Gasteiger partial charge in [0.2, 0.25) is 5.91 Å². The summed E-state index contributed by atoms with van der Waals surface area (Å²) >= 11 is 5.98. The van der Waals surface area contributed by atoms with Crippen molar-refractivity contribution in [2.45, 2.75) is 37.6 Å². The van der Waals surface area contributed by atoms with Gasteiger partial charge in [0.15, 0.2) is 11.5 Å². The molecule has 0 saturated heterocycles. The molecule has 1 aliphatic heterocycles. The molecule has 4 rings (SSSR count). The lowest BCUT2D eigenvalue weighted by atomic mass is 9.81. The number of carbonyl (C=O) groups excluding carboxylic acids is 2. The summed E-state index contributed by atoms with van der Waals surface area (Å²) in [6.07, 6.45) is 3.92. The van der Waals surface area contributed by atoms with Gasteiger partial charge in [-0.2, -0.15) is 0 Å². The highest BCUT2D eigenvalue weighted by atomic mass is 35.5. The Labute approximate surface area is 180 Å². The van der Waals surface area contributed by atoms with Gasteiger partial charge in [0.1, 0.15) is 18.8 Å². The average Bonchev–Trinajstić information content (AvgIpc) is 2.74. The zero-order chi connectivity index (χ0) is 21.0. The van der Waals surface area contributed by atoms with Gasteiger partial charge in [0.25, 0.3) is 0 Å². The molecule has 30 heavy (non-hydrogen) atoms. The van der Waals surface area contributed by atoms with Crippen molar-refractivity contribution in [1.82, 2.24) is 5.32 Å². The molecule has 0 spiro atoms. The monoisotopic (exact) mass is 429 g/mol. The maximum absolute atomic E-state index is 13.3. The average molecular weight is 430 g/mol. The number of carbonyl (C=O) groups is 2. The van der Waals surface area contributed by atoms with Crippen LogP contribution in [0.4, 0.5) is 16.2 Å². The van der Waals surface area contributed by atoms with E-state index in [-0.39, 0.29) is 5.91 Å². The summed E-state index contributed by atoms with van der Waals surface area (Å²) in [4.78, 5) is 25.9. The van der Waals surface area contributed by atoms with Crippen LogP contribution in [-0.4, -0.2) is 30.7 Å². The molecule has 0 aromatic heterocycles. The number of amides is 3. The van der Waals surface area contributed by atoms with Crippen molar-refractivity contribution in [1.29, 1.82) is 0 Å². The number of hydrogen-bond donors (Lipinski definition) is 3. The number of halogens is 1. The first kappa shape index (κ1) is 20.3. The Morgan fingerprint density at radius 1 is 0.867 bits per heavy atom. The standard InChI is InChI=1S/C22H24ClN3O4/c23-15-5-4-6-16(13-15)25-21(28)26-22(9-2-1-3-10-22)20(27)24-17-7-8-18-19(14-17)30-12-11-29-18/h4-8,13-14H,1-3,9-12H2,(H,24,27)(H2,25,26,28). The first-order valence-corrected chi connectivity index (χ1v) is 10.5. The van der Waals surface area contributed by atoms with Crippen molar-refractivity contribution in [3.05, 3.63) is 47.5 Å². The topological polar surface area (TPSA) is 88.7 Å². The smallest absolute Gasteiger partial charge is 0.320 e. The van der Waals surface area contributed by atoms with Gasteiger partial charge in [0.05, 0.1) is 0 Å². The fourth-order valence-electron chi connectivity index (χ4n) is 3.88. The second kappa shape index (κ2) is 8.83. The van der Waals surface area contributed by atoms with Crippen LogP contribution in [0.15, 0.2) is 42.5 Å². The van der Waals surface area contributed by atoms with Crippen molar-refractivity contribution in [3.63, 3.8) is 0 Å². The van der Waals surface area contributed by atoms with Crippen molar-refractivity contribution in [2.75, 3.05) is 23.8 Å². The molecule has 3 N–H and O–H groups in total. The lowest BCUT2D eigenvalue weighted by Gasteiger charge is -2.36. The van der Waals surface area contributed by atoms with Crippen LogP contribution in [0, 0.1) is 0 Å². The van der Waals surface area contributed by atoms with E-state index in [9.17, 15) is 9.59 Å². The normalized spacial score (nSPS) is 17.0. The Morgan fingerprint density at radius 2 is 1.60 bits per heavy atom. The fraction of sp³-hybridized carbons (Fsp3) is 0.364. The van der Waals surface area contributed by atoms with E-state index in [0.29, 0.717) is 54.0 Å². The van der Waals surface area contributed by atoms with Crippen LogP contribution >= 0.6 is 11.6 Å². The highest BCUT2D eigenvalue weighted by Crippen LogP contribution is 2.34. The predicted molar refractivity (Wildman–Crippen MR) is 115 cm³/mol. The summed E-state index contributed by atoms with van der Waals surface area (Å²) in [7, 11) is 0. The third-order valence-corrected chi connectivity index (χ3v) is 5.61. The van der Waals surface area contributed by atoms with E-state index >= 15 is 0 Å². The van der Waals surface area contributed by atoms with Gasteiger partial charge in [-0.25, -0.2) is 4.79 Å². The third kappa shape index (κ3) is 4.62. The summed E-state index contributed by atoms with van der Waals surface area (Å²) in [5, 5.41) is 9.15. The van der Waals surface area contributed by atoms with Crippen molar-refractivity contribution < 1.29 is 19.1 Å². The Kier molecular flexibility index (Phi) is 5.99. The van der Waals surface area contributed by atoms with Crippen LogP contribution in [0.25, 0.3) is 0 Å². The zero-order valence-corrected chi connectivity index (χ0v) is 17.3. The quantitative estimate of drug-likeness (QED) is 0.664. The van der Waals surface area contributed by atoms with Crippen molar-refractivity contribution in [2.24, 2.45) is 0 Å². The Morgan fingerprint density at radius 3 is 2.37 bits per heavy atom. The number of rotatable bonds is 4. The minimum Gasteiger partial charge on any atom is -0.486 e. The second-order valence-electron chi connectivity index (χ2n) is 7.54. The third-order valence-electron chi connectivity index (χ3n) is 5.38. The highest BCUT2D eigenvalue weighted by molar-refractivity contribution is 6.30. The molecule has 3 amide bonds. The summed E-state index contributed by atoms with van der Waals surface area (Å²) in [6, 6.07) is 11.7. The van der Waals surface area contributed by atoms with Crippen molar-refractivity contribution >= 4 is 34.9 Å². The van der Waals surface area contributed by atoms with E-state index in [1.165, 1.54) is 0 Å². The van der Waals surface area contributed by atoms with E-state index < -0.39 is 11.6 Å². The number of urea groups is 1. The number of ether oxygens (including phenoxy) is 2. The van der Waals surface area contributed by atoms with E-state index in [4.69, 9.17) is 21.1 Å². The van der Waals surface area contributed by atoms with E-state index in [1.54, 1.807) is 42.5 Å². The van der Waals surface area contributed by atoms with Gasteiger partial charge in [0, 0.05) is 22.5 Å². The lowest BCUT2D eigenvalue weighted by Crippen LogP contribution is -2.58. The number of nitrogens with one attached hydrogen (secondary N) is 3. The zero-order valence-electron chi connectivity index (χ0n) is 16.5. The number of anilines is 2. The van der Waals surface area contributed by atoms with Crippen LogP contribution in [0.2, 0.25) is 5.02 Å². The molecule has 0 atom stereocenters.